The smallest absolute Gasteiger partial charge is 0.219 e. The molecule has 0 unspecified atom stereocenters. The fraction of sp³-hybridized carbons (Fsp3) is 0.312. The number of benzene rings is 1. The Balaban J connectivity index is 2.12. The number of hydrogen-bond acceptors (Lipinski definition) is 3. The van der Waals surface area contributed by atoms with Gasteiger partial charge in [0, 0.05) is 24.1 Å². The summed E-state index contributed by atoms with van der Waals surface area (Å²) in [6.07, 6.45) is 2.01. The Bertz CT molecular complexity index is 752. The van der Waals surface area contributed by atoms with Gasteiger partial charge in [-0.3, -0.25) is 14.3 Å². The normalized spacial score (nSPS) is 14.0. The van der Waals surface area contributed by atoms with Gasteiger partial charge in [-0.25, -0.2) is 4.39 Å². The van der Waals surface area contributed by atoms with Gasteiger partial charge in [0.1, 0.15) is 11.5 Å². The van der Waals surface area contributed by atoms with Crippen molar-refractivity contribution in [1.82, 2.24) is 9.78 Å². The van der Waals surface area contributed by atoms with Crippen molar-refractivity contribution in [3.8, 4) is 11.3 Å². The largest absolute Gasteiger partial charge is 0.370 e. The van der Waals surface area contributed by atoms with Crippen LogP contribution in [0.2, 0.25) is 0 Å². The summed E-state index contributed by atoms with van der Waals surface area (Å²) in [4.78, 5) is 23.3. The lowest BCUT2D eigenvalue weighted by Crippen LogP contribution is -2.18. The Labute approximate surface area is 126 Å². The number of fused-ring (bicyclic) bond motifs is 1. The molecule has 2 aromatic rings. The molecule has 2 N–H and O–H groups in total. The highest BCUT2D eigenvalue weighted by Gasteiger charge is 2.28. The highest BCUT2D eigenvalue weighted by atomic mass is 19.1. The van der Waals surface area contributed by atoms with E-state index in [4.69, 9.17) is 5.73 Å². The third kappa shape index (κ3) is 2.52. The van der Waals surface area contributed by atoms with E-state index in [1.807, 2.05) is 0 Å². The van der Waals surface area contributed by atoms with Gasteiger partial charge >= 0.3 is 0 Å². The topological polar surface area (TPSA) is 78.0 Å². The van der Waals surface area contributed by atoms with Crippen LogP contribution in [0.25, 0.3) is 11.3 Å². The second-order valence-electron chi connectivity index (χ2n) is 5.37. The Kier molecular flexibility index (Phi) is 3.75. The summed E-state index contributed by atoms with van der Waals surface area (Å²) in [6, 6.07) is 6.26. The molecule has 0 atom stereocenters. The summed E-state index contributed by atoms with van der Waals surface area (Å²) in [5.41, 5.74) is 7.11. The molecular weight excluding hydrogens is 285 g/mol. The van der Waals surface area contributed by atoms with Crippen LogP contribution < -0.4 is 5.73 Å². The maximum Gasteiger partial charge on any atom is 0.219 e. The molecule has 0 saturated carbocycles. The van der Waals surface area contributed by atoms with E-state index >= 15 is 0 Å². The molecule has 3 rings (SSSR count). The number of nitrogens with two attached hydrogens (primary N) is 1. The first kappa shape index (κ1) is 14.4. The molecule has 0 radical (unpaired) electrons. The van der Waals surface area contributed by atoms with Crippen molar-refractivity contribution < 1.29 is 14.0 Å². The summed E-state index contributed by atoms with van der Waals surface area (Å²) in [7, 11) is 0. The summed E-state index contributed by atoms with van der Waals surface area (Å²) in [5, 5.41) is 4.39. The van der Waals surface area contributed by atoms with Crippen LogP contribution in [0, 0.1) is 5.82 Å². The molecule has 0 saturated heterocycles. The number of amides is 1. The van der Waals surface area contributed by atoms with E-state index in [2.05, 4.69) is 5.10 Å². The molecule has 1 aromatic carbocycles. The standard InChI is InChI=1S/C16H16FN3O2/c17-11-5-2-1-4-10(11)16-15-12(6-3-7-13(15)21)20(19-16)9-8-14(18)22/h1-2,4-5H,3,6-9H2,(H2,18,22). The SMILES string of the molecule is NC(=O)CCn1nc(-c2ccccc2F)c2c1CCCC2=O. The molecule has 0 bridgehead atoms. The maximum atomic E-state index is 14.1. The lowest BCUT2D eigenvalue weighted by Gasteiger charge is -2.13. The van der Waals surface area contributed by atoms with Crippen molar-refractivity contribution in [3.05, 3.63) is 41.3 Å². The van der Waals surface area contributed by atoms with Crippen LogP contribution in [-0.4, -0.2) is 21.5 Å². The van der Waals surface area contributed by atoms with Gasteiger partial charge in [0.25, 0.3) is 0 Å². The molecule has 0 fully saturated rings. The molecular formula is C16H16FN3O2. The van der Waals surface area contributed by atoms with E-state index in [1.54, 1.807) is 22.9 Å². The molecule has 0 aliphatic heterocycles. The second kappa shape index (κ2) is 5.71. The number of ketones is 1. The minimum atomic E-state index is -0.432. The Morgan fingerprint density at radius 2 is 2.09 bits per heavy atom. The second-order valence-corrected chi connectivity index (χ2v) is 5.37. The lowest BCUT2D eigenvalue weighted by molar-refractivity contribution is -0.118. The summed E-state index contributed by atoms with van der Waals surface area (Å²) in [5.74, 6) is -0.869. The van der Waals surface area contributed by atoms with Gasteiger partial charge in [0.2, 0.25) is 5.91 Å². The quantitative estimate of drug-likeness (QED) is 0.939. The van der Waals surface area contributed by atoms with Gasteiger partial charge in [-0.15, -0.1) is 0 Å². The first-order valence-corrected chi connectivity index (χ1v) is 7.24. The Morgan fingerprint density at radius 3 is 2.82 bits per heavy atom. The van der Waals surface area contributed by atoms with Crippen LogP contribution in [0.15, 0.2) is 24.3 Å². The van der Waals surface area contributed by atoms with Gasteiger partial charge in [-0.2, -0.15) is 5.10 Å². The number of primary amides is 1. The van der Waals surface area contributed by atoms with Gasteiger partial charge < -0.3 is 5.73 Å². The molecule has 114 valence electrons. The van der Waals surface area contributed by atoms with Crippen LogP contribution in [0.3, 0.4) is 0 Å². The molecule has 1 heterocycles. The van der Waals surface area contributed by atoms with Gasteiger partial charge in [0.05, 0.1) is 12.1 Å². The van der Waals surface area contributed by atoms with E-state index in [0.29, 0.717) is 36.2 Å². The molecule has 22 heavy (non-hydrogen) atoms. The number of hydrogen-bond donors (Lipinski definition) is 1. The lowest BCUT2D eigenvalue weighted by atomic mass is 9.92. The fourth-order valence-corrected chi connectivity index (χ4v) is 2.83. The maximum absolute atomic E-state index is 14.1. The van der Waals surface area contributed by atoms with E-state index in [0.717, 1.165) is 12.1 Å². The first-order valence-electron chi connectivity index (χ1n) is 7.24. The van der Waals surface area contributed by atoms with Gasteiger partial charge in [-0.1, -0.05) is 12.1 Å². The number of aromatic nitrogens is 2. The molecule has 6 heteroatoms. The highest BCUT2D eigenvalue weighted by molar-refractivity contribution is 6.03. The third-order valence-corrected chi connectivity index (χ3v) is 3.85. The van der Waals surface area contributed by atoms with Gasteiger partial charge in [0.15, 0.2) is 5.78 Å². The number of rotatable bonds is 4. The van der Waals surface area contributed by atoms with Crippen molar-refractivity contribution >= 4 is 11.7 Å². The average Bonchev–Trinajstić information content (AvgIpc) is 2.86. The zero-order valence-electron chi connectivity index (χ0n) is 12.0. The van der Waals surface area contributed by atoms with E-state index in [-0.39, 0.29) is 12.2 Å². The highest BCUT2D eigenvalue weighted by Crippen LogP contribution is 2.32. The Hall–Kier alpha value is -2.50. The predicted molar refractivity (Wildman–Crippen MR) is 78.7 cm³/mol. The van der Waals surface area contributed by atoms with E-state index in [1.165, 1.54) is 6.07 Å². The third-order valence-electron chi connectivity index (χ3n) is 3.85. The van der Waals surface area contributed by atoms with Crippen LogP contribution in [0.1, 0.15) is 35.3 Å². The van der Waals surface area contributed by atoms with E-state index < -0.39 is 11.7 Å². The number of halogens is 1. The van der Waals surface area contributed by atoms with Crippen molar-refractivity contribution in [2.75, 3.05) is 0 Å². The molecule has 1 amide bonds. The molecule has 5 nitrogen and oxygen atoms in total. The first-order chi connectivity index (χ1) is 10.6. The average molecular weight is 301 g/mol. The number of nitrogens with zero attached hydrogens (tertiary/aromatic N) is 2. The monoisotopic (exact) mass is 301 g/mol. The predicted octanol–water partition coefficient (Wildman–Crippen LogP) is 2.08. The fourth-order valence-electron chi connectivity index (χ4n) is 2.83. The van der Waals surface area contributed by atoms with Crippen molar-refractivity contribution in [2.45, 2.75) is 32.2 Å². The Morgan fingerprint density at radius 1 is 1.32 bits per heavy atom. The van der Waals surface area contributed by atoms with Crippen LogP contribution >= 0.6 is 0 Å². The van der Waals surface area contributed by atoms with Crippen LogP contribution in [0.4, 0.5) is 4.39 Å². The molecule has 1 aliphatic carbocycles. The van der Waals surface area contributed by atoms with Gasteiger partial charge in [-0.05, 0) is 25.0 Å². The molecule has 1 aliphatic rings. The number of aryl methyl sites for hydroxylation is 1. The van der Waals surface area contributed by atoms with Crippen molar-refractivity contribution in [2.24, 2.45) is 5.73 Å². The minimum Gasteiger partial charge on any atom is -0.370 e. The number of Topliss-reactive ketones (excluding diaryl/α,β-unsaturated/α-hetero) is 1. The minimum absolute atomic E-state index is 0.0233. The van der Waals surface area contributed by atoms with Crippen molar-refractivity contribution in [1.29, 1.82) is 0 Å². The molecule has 1 aromatic heterocycles. The van der Waals surface area contributed by atoms with E-state index in [9.17, 15) is 14.0 Å². The summed E-state index contributed by atoms with van der Waals surface area (Å²) in [6.45, 7) is 0.305. The summed E-state index contributed by atoms with van der Waals surface area (Å²) < 4.78 is 15.7. The van der Waals surface area contributed by atoms with Crippen LogP contribution in [0.5, 0.6) is 0 Å². The van der Waals surface area contributed by atoms with Crippen LogP contribution in [-0.2, 0) is 17.8 Å². The van der Waals surface area contributed by atoms with Crippen molar-refractivity contribution in [3.63, 3.8) is 0 Å². The number of carbonyl (C=O) groups is 2. The zero-order valence-corrected chi connectivity index (χ0v) is 12.0. The number of carbonyl (C=O) groups excluding carboxylic acids is 2. The zero-order chi connectivity index (χ0) is 15.7. The molecule has 0 spiro atoms. The summed E-state index contributed by atoms with van der Waals surface area (Å²) >= 11 is 0.